The Balaban J connectivity index is 1.71. The molecule has 2 aromatic carbocycles. The van der Waals surface area contributed by atoms with E-state index in [1.165, 1.54) is 12.1 Å². The first-order valence-electron chi connectivity index (χ1n) is 8.94. The van der Waals surface area contributed by atoms with Crippen LogP contribution in [0.25, 0.3) is 11.1 Å². The van der Waals surface area contributed by atoms with Crippen molar-refractivity contribution < 1.29 is 13.9 Å². The van der Waals surface area contributed by atoms with Crippen molar-refractivity contribution in [2.24, 2.45) is 17.3 Å². The first kappa shape index (κ1) is 18.8. The van der Waals surface area contributed by atoms with E-state index < -0.39 is 17.2 Å². The van der Waals surface area contributed by atoms with E-state index in [4.69, 9.17) is 10.00 Å². The number of esters is 1. The van der Waals surface area contributed by atoms with E-state index in [9.17, 15) is 9.18 Å². The van der Waals surface area contributed by atoms with Gasteiger partial charge in [0.05, 0.1) is 5.92 Å². The van der Waals surface area contributed by atoms with Crippen LogP contribution >= 0.6 is 0 Å². The molecule has 1 aliphatic rings. The molecule has 0 aliphatic heterocycles. The molecule has 0 heterocycles. The summed E-state index contributed by atoms with van der Waals surface area (Å²) in [6.45, 7) is 5.95. The molecule has 1 fully saturated rings. The van der Waals surface area contributed by atoms with Crippen molar-refractivity contribution in [1.29, 1.82) is 5.26 Å². The summed E-state index contributed by atoms with van der Waals surface area (Å²) < 4.78 is 18.8. The number of benzene rings is 2. The Morgan fingerprint density at radius 3 is 2.59 bits per heavy atom. The molecule has 0 spiro atoms. The monoisotopic (exact) mass is 363 g/mol. The predicted octanol–water partition coefficient (Wildman–Crippen LogP) is 5.35. The molecule has 2 aromatic rings. The number of allylic oxidation sites excluding steroid dienone is 2. The number of nitriles is 1. The second-order valence-electron chi connectivity index (χ2n) is 7.51. The zero-order valence-corrected chi connectivity index (χ0v) is 15.7. The fourth-order valence-electron chi connectivity index (χ4n) is 3.64. The second-order valence-corrected chi connectivity index (χ2v) is 7.51. The highest BCUT2D eigenvalue weighted by Crippen LogP contribution is 2.59. The predicted molar refractivity (Wildman–Crippen MR) is 102 cm³/mol. The minimum Gasteiger partial charge on any atom is -0.461 e. The smallest absolute Gasteiger partial charge is 0.310 e. The lowest BCUT2D eigenvalue weighted by Crippen LogP contribution is -2.11. The number of carbonyl (C=O) groups is 1. The Hall–Kier alpha value is -2.93. The van der Waals surface area contributed by atoms with Crippen molar-refractivity contribution in [3.05, 3.63) is 71.6 Å². The van der Waals surface area contributed by atoms with Gasteiger partial charge < -0.3 is 4.74 Å². The van der Waals surface area contributed by atoms with Gasteiger partial charge >= 0.3 is 5.97 Å². The van der Waals surface area contributed by atoms with E-state index in [1.807, 2.05) is 69.3 Å². The zero-order chi connectivity index (χ0) is 19.6. The third-order valence-electron chi connectivity index (χ3n) is 5.50. The number of carbonyl (C=O) groups excluding carboxylic acids is 1. The number of ether oxygens (including phenoxy) is 1. The molecule has 138 valence electrons. The maximum atomic E-state index is 13.3. The van der Waals surface area contributed by atoms with Gasteiger partial charge in [-0.1, -0.05) is 62.4 Å². The summed E-state index contributed by atoms with van der Waals surface area (Å²) in [7, 11) is 0. The van der Waals surface area contributed by atoms with Gasteiger partial charge in [0.1, 0.15) is 12.7 Å². The third kappa shape index (κ3) is 3.78. The molecule has 3 rings (SSSR count). The number of hydrogen-bond acceptors (Lipinski definition) is 3. The molecule has 3 nitrogen and oxygen atoms in total. The van der Waals surface area contributed by atoms with Gasteiger partial charge in [-0.3, -0.25) is 4.79 Å². The van der Waals surface area contributed by atoms with E-state index in [1.54, 1.807) is 0 Å². The molecule has 4 heteroatoms. The van der Waals surface area contributed by atoms with Crippen molar-refractivity contribution in [3.8, 4) is 17.2 Å². The van der Waals surface area contributed by atoms with Crippen LogP contribution in [0.5, 0.6) is 0 Å². The highest BCUT2D eigenvalue weighted by atomic mass is 19.1. The van der Waals surface area contributed by atoms with E-state index >= 15 is 0 Å². The number of rotatable bonds is 5. The van der Waals surface area contributed by atoms with Gasteiger partial charge in [0, 0.05) is 5.92 Å². The first-order valence-corrected chi connectivity index (χ1v) is 8.94. The topological polar surface area (TPSA) is 50.1 Å². The summed E-state index contributed by atoms with van der Waals surface area (Å²) in [5.41, 5.74) is 3.83. The van der Waals surface area contributed by atoms with Crippen molar-refractivity contribution in [1.82, 2.24) is 0 Å². The van der Waals surface area contributed by atoms with Crippen LogP contribution in [-0.2, 0) is 16.1 Å². The summed E-state index contributed by atoms with van der Waals surface area (Å²) in [4.78, 5) is 12.5. The summed E-state index contributed by atoms with van der Waals surface area (Å²) in [5, 5.41) is 8.60. The zero-order valence-electron chi connectivity index (χ0n) is 15.7. The van der Waals surface area contributed by atoms with Gasteiger partial charge in [-0.15, -0.1) is 0 Å². The first-order chi connectivity index (χ1) is 12.9. The standard InChI is InChI=1S/C23H22FNO2/c1-15-17(10-7-11-19(15)16-8-5-4-6-9-16)14-27-22(26)21-20(23(21,2)3)12-18(24)13-25/h4-12,20-21H,14H2,1-3H3/b18-12+. The van der Waals surface area contributed by atoms with E-state index in [0.717, 1.165) is 22.3 Å². The molecular formula is C23H22FNO2. The van der Waals surface area contributed by atoms with E-state index in [0.29, 0.717) is 0 Å². The number of hydrogen-bond donors (Lipinski definition) is 0. The van der Waals surface area contributed by atoms with Gasteiger partial charge in [-0.05, 0) is 40.7 Å². The molecule has 0 bridgehead atoms. The maximum absolute atomic E-state index is 13.3. The van der Waals surface area contributed by atoms with Crippen LogP contribution in [0.4, 0.5) is 4.39 Å². The molecule has 1 saturated carbocycles. The van der Waals surface area contributed by atoms with Gasteiger partial charge in [0.2, 0.25) is 0 Å². The van der Waals surface area contributed by atoms with Crippen molar-refractivity contribution >= 4 is 5.97 Å². The Bertz CT molecular complexity index is 925. The van der Waals surface area contributed by atoms with Crippen LogP contribution in [-0.4, -0.2) is 5.97 Å². The third-order valence-corrected chi connectivity index (χ3v) is 5.50. The lowest BCUT2D eigenvalue weighted by molar-refractivity contribution is -0.147. The van der Waals surface area contributed by atoms with Crippen LogP contribution in [0, 0.1) is 35.5 Å². The summed E-state index contributed by atoms with van der Waals surface area (Å²) in [6, 6.07) is 17.5. The van der Waals surface area contributed by atoms with Crippen molar-refractivity contribution in [3.63, 3.8) is 0 Å². The molecule has 2 atom stereocenters. The second kappa shape index (κ2) is 7.36. The minimum atomic E-state index is -0.852. The van der Waals surface area contributed by atoms with Crippen molar-refractivity contribution in [2.45, 2.75) is 27.4 Å². The Morgan fingerprint density at radius 1 is 1.22 bits per heavy atom. The Labute approximate surface area is 159 Å². The van der Waals surface area contributed by atoms with Gasteiger partial charge in [-0.2, -0.15) is 9.65 Å². The van der Waals surface area contributed by atoms with Gasteiger partial charge in [-0.25, -0.2) is 0 Å². The summed E-state index contributed by atoms with van der Waals surface area (Å²) in [6.07, 6.45) is 1.23. The molecule has 1 aliphatic carbocycles. The van der Waals surface area contributed by atoms with E-state index in [2.05, 4.69) is 0 Å². The quantitative estimate of drug-likeness (QED) is 0.531. The molecule has 0 amide bonds. The molecule has 2 unspecified atom stereocenters. The van der Waals surface area contributed by atoms with Crippen LogP contribution in [0.15, 0.2) is 60.4 Å². The normalized spacial score (nSPS) is 20.6. The average molecular weight is 363 g/mol. The molecule has 0 radical (unpaired) electrons. The Morgan fingerprint density at radius 2 is 1.93 bits per heavy atom. The Kier molecular flexibility index (Phi) is 5.14. The molecular weight excluding hydrogens is 341 g/mol. The summed E-state index contributed by atoms with van der Waals surface area (Å²) in [5.74, 6) is -1.93. The fraction of sp³-hybridized carbons (Fsp3) is 0.304. The van der Waals surface area contributed by atoms with Crippen molar-refractivity contribution in [2.75, 3.05) is 0 Å². The molecule has 0 aromatic heterocycles. The lowest BCUT2D eigenvalue weighted by atomic mass is 9.97. The molecule has 0 N–H and O–H groups in total. The molecule has 27 heavy (non-hydrogen) atoms. The van der Waals surface area contributed by atoms with E-state index in [-0.39, 0.29) is 18.5 Å². The van der Waals surface area contributed by atoms with Crippen LogP contribution in [0.2, 0.25) is 0 Å². The van der Waals surface area contributed by atoms with Crippen LogP contribution in [0.1, 0.15) is 25.0 Å². The largest absolute Gasteiger partial charge is 0.461 e. The highest BCUT2D eigenvalue weighted by molar-refractivity contribution is 5.78. The van der Waals surface area contributed by atoms with Crippen LogP contribution in [0.3, 0.4) is 0 Å². The lowest BCUT2D eigenvalue weighted by Gasteiger charge is -2.12. The fourth-order valence-corrected chi connectivity index (χ4v) is 3.64. The summed E-state index contributed by atoms with van der Waals surface area (Å²) >= 11 is 0. The van der Waals surface area contributed by atoms with Gasteiger partial charge in [0.25, 0.3) is 0 Å². The van der Waals surface area contributed by atoms with Gasteiger partial charge in [0.15, 0.2) is 5.83 Å². The molecule has 0 saturated heterocycles. The SMILES string of the molecule is Cc1c(COC(=O)C2C(/C=C(/F)C#N)C2(C)C)cccc1-c1ccccc1. The minimum absolute atomic E-state index is 0.176. The number of nitrogens with zero attached hydrogens (tertiary/aromatic N) is 1. The maximum Gasteiger partial charge on any atom is 0.310 e. The average Bonchev–Trinajstić information content (AvgIpc) is 3.21. The number of halogens is 1. The van der Waals surface area contributed by atoms with Crippen LogP contribution < -0.4 is 0 Å². The highest BCUT2D eigenvalue weighted by Gasteiger charge is 2.61.